The molecule has 0 saturated carbocycles. The number of hydrogen-bond acceptors (Lipinski definition) is 2. The average Bonchev–Trinajstić information content (AvgIpc) is 2.79. The fourth-order valence-corrected chi connectivity index (χ4v) is 1.88. The molecule has 0 bridgehead atoms. The third kappa shape index (κ3) is 4.84. The van der Waals surface area contributed by atoms with Gasteiger partial charge in [-0.05, 0) is 19.3 Å². The lowest BCUT2D eigenvalue weighted by Gasteiger charge is -2.15. The van der Waals surface area contributed by atoms with E-state index in [0.29, 0.717) is 31.7 Å². The van der Waals surface area contributed by atoms with Crippen molar-refractivity contribution in [2.75, 3.05) is 25.5 Å². The summed E-state index contributed by atoms with van der Waals surface area (Å²) in [5.41, 5.74) is 0. The molecule has 1 fully saturated rings. The number of halogens is 1. The summed E-state index contributed by atoms with van der Waals surface area (Å²) >= 11 is 5.48. The summed E-state index contributed by atoms with van der Waals surface area (Å²) in [6.07, 6.45) is 3.75. The lowest BCUT2D eigenvalue weighted by molar-refractivity contribution is -0.130. The summed E-state index contributed by atoms with van der Waals surface area (Å²) in [5.74, 6) is 0.630. The second kappa shape index (κ2) is 7.49. The second-order valence-electron chi connectivity index (χ2n) is 3.98. The Hall–Kier alpha value is -0.770. The Kier molecular flexibility index (Phi) is 6.23. The minimum Gasteiger partial charge on any atom is -0.356 e. The van der Waals surface area contributed by atoms with Gasteiger partial charge in [0.25, 0.3) is 0 Å². The fourth-order valence-electron chi connectivity index (χ4n) is 1.75. The van der Waals surface area contributed by atoms with Crippen molar-refractivity contribution in [1.29, 1.82) is 0 Å². The number of nitrogens with zero attached hydrogens (tertiary/aromatic N) is 1. The molecule has 0 atom stereocenters. The first kappa shape index (κ1) is 13.3. The first-order chi connectivity index (χ1) is 7.74. The molecule has 0 spiro atoms. The van der Waals surface area contributed by atoms with Crippen LogP contribution in [-0.2, 0) is 9.59 Å². The Bertz CT molecular complexity index is 240. The highest BCUT2D eigenvalue weighted by Crippen LogP contribution is 2.08. The standard InChI is InChI=1S/C11H19ClN2O2/c12-6-3-4-10(15)13-7-5-11(16)14-8-1-2-9-14/h1-9H2,(H,13,15). The van der Waals surface area contributed by atoms with Gasteiger partial charge in [0, 0.05) is 38.4 Å². The fraction of sp³-hybridized carbons (Fsp3) is 0.818. The maximum atomic E-state index is 11.6. The summed E-state index contributed by atoms with van der Waals surface area (Å²) < 4.78 is 0. The summed E-state index contributed by atoms with van der Waals surface area (Å²) in [4.78, 5) is 24.7. The van der Waals surface area contributed by atoms with Crippen molar-refractivity contribution in [2.45, 2.75) is 32.1 Å². The van der Waals surface area contributed by atoms with Crippen LogP contribution in [0.3, 0.4) is 0 Å². The van der Waals surface area contributed by atoms with Gasteiger partial charge in [-0.1, -0.05) is 0 Å². The number of rotatable bonds is 6. The van der Waals surface area contributed by atoms with Crippen molar-refractivity contribution in [1.82, 2.24) is 10.2 Å². The van der Waals surface area contributed by atoms with Crippen molar-refractivity contribution in [3.8, 4) is 0 Å². The zero-order chi connectivity index (χ0) is 11.8. The highest BCUT2D eigenvalue weighted by molar-refractivity contribution is 6.17. The van der Waals surface area contributed by atoms with Crippen LogP contribution >= 0.6 is 11.6 Å². The smallest absolute Gasteiger partial charge is 0.224 e. The largest absolute Gasteiger partial charge is 0.356 e. The van der Waals surface area contributed by atoms with E-state index in [-0.39, 0.29) is 11.8 Å². The van der Waals surface area contributed by atoms with E-state index in [4.69, 9.17) is 11.6 Å². The predicted molar refractivity (Wildman–Crippen MR) is 63.4 cm³/mol. The normalized spacial score (nSPS) is 15.2. The number of alkyl halides is 1. The van der Waals surface area contributed by atoms with E-state index in [1.165, 1.54) is 0 Å². The SMILES string of the molecule is O=C(CCCCl)NCCC(=O)N1CCCC1. The van der Waals surface area contributed by atoms with E-state index in [2.05, 4.69) is 5.32 Å². The zero-order valence-electron chi connectivity index (χ0n) is 9.51. The Balaban J connectivity index is 2.05. The first-order valence-corrected chi connectivity index (χ1v) is 6.38. The number of carbonyl (C=O) groups excluding carboxylic acids is 2. The Morgan fingerprint density at radius 2 is 1.88 bits per heavy atom. The van der Waals surface area contributed by atoms with E-state index in [9.17, 15) is 9.59 Å². The van der Waals surface area contributed by atoms with Gasteiger partial charge in [0.1, 0.15) is 0 Å². The van der Waals surface area contributed by atoms with Gasteiger partial charge in [0.05, 0.1) is 0 Å². The summed E-state index contributed by atoms with van der Waals surface area (Å²) in [7, 11) is 0. The molecule has 2 amide bonds. The van der Waals surface area contributed by atoms with E-state index in [0.717, 1.165) is 25.9 Å². The van der Waals surface area contributed by atoms with Crippen LogP contribution in [0.2, 0.25) is 0 Å². The van der Waals surface area contributed by atoms with Crippen LogP contribution in [0, 0.1) is 0 Å². The second-order valence-corrected chi connectivity index (χ2v) is 4.36. The van der Waals surface area contributed by atoms with Crippen LogP contribution in [0.5, 0.6) is 0 Å². The average molecular weight is 247 g/mol. The highest BCUT2D eigenvalue weighted by Gasteiger charge is 2.17. The van der Waals surface area contributed by atoms with Crippen LogP contribution in [0.25, 0.3) is 0 Å². The molecular weight excluding hydrogens is 228 g/mol. The highest BCUT2D eigenvalue weighted by atomic mass is 35.5. The van der Waals surface area contributed by atoms with Gasteiger partial charge in [-0.2, -0.15) is 0 Å². The lowest BCUT2D eigenvalue weighted by atomic mass is 10.3. The molecule has 0 unspecified atom stereocenters. The van der Waals surface area contributed by atoms with Crippen molar-refractivity contribution >= 4 is 23.4 Å². The van der Waals surface area contributed by atoms with E-state index in [1.807, 2.05) is 4.90 Å². The molecule has 0 aromatic rings. The van der Waals surface area contributed by atoms with Crippen LogP contribution in [-0.4, -0.2) is 42.2 Å². The maximum Gasteiger partial charge on any atom is 0.224 e. The van der Waals surface area contributed by atoms with Crippen molar-refractivity contribution in [3.63, 3.8) is 0 Å². The summed E-state index contributed by atoms with van der Waals surface area (Å²) in [6.45, 7) is 2.19. The first-order valence-electron chi connectivity index (χ1n) is 5.84. The third-order valence-corrected chi connectivity index (χ3v) is 2.92. The van der Waals surface area contributed by atoms with Gasteiger partial charge in [-0.3, -0.25) is 9.59 Å². The van der Waals surface area contributed by atoms with Crippen LogP contribution in [0.15, 0.2) is 0 Å². The molecule has 1 aliphatic rings. The van der Waals surface area contributed by atoms with Crippen molar-refractivity contribution in [2.24, 2.45) is 0 Å². The van der Waals surface area contributed by atoms with Crippen LogP contribution in [0.4, 0.5) is 0 Å². The molecule has 1 N–H and O–H groups in total. The maximum absolute atomic E-state index is 11.6. The lowest BCUT2D eigenvalue weighted by Crippen LogP contribution is -2.32. The van der Waals surface area contributed by atoms with Gasteiger partial charge >= 0.3 is 0 Å². The van der Waals surface area contributed by atoms with Crippen LogP contribution in [0.1, 0.15) is 32.1 Å². The molecule has 0 aliphatic carbocycles. The van der Waals surface area contributed by atoms with E-state index >= 15 is 0 Å². The third-order valence-electron chi connectivity index (χ3n) is 2.66. The zero-order valence-corrected chi connectivity index (χ0v) is 10.3. The van der Waals surface area contributed by atoms with Crippen LogP contribution < -0.4 is 5.32 Å². The van der Waals surface area contributed by atoms with Gasteiger partial charge in [0.15, 0.2) is 0 Å². The van der Waals surface area contributed by atoms with Gasteiger partial charge in [-0.25, -0.2) is 0 Å². The molecule has 1 rings (SSSR count). The van der Waals surface area contributed by atoms with Gasteiger partial charge < -0.3 is 10.2 Å². The Morgan fingerprint density at radius 3 is 2.50 bits per heavy atom. The molecule has 92 valence electrons. The van der Waals surface area contributed by atoms with Crippen molar-refractivity contribution in [3.05, 3.63) is 0 Å². The molecule has 16 heavy (non-hydrogen) atoms. The molecule has 0 radical (unpaired) electrons. The minimum absolute atomic E-state index is 0.0186. The van der Waals surface area contributed by atoms with Gasteiger partial charge in [-0.15, -0.1) is 11.6 Å². The topological polar surface area (TPSA) is 49.4 Å². The number of amides is 2. The number of hydrogen-bond donors (Lipinski definition) is 1. The molecule has 4 nitrogen and oxygen atoms in total. The molecule has 5 heteroatoms. The summed E-state index contributed by atoms with van der Waals surface area (Å²) in [5, 5.41) is 2.73. The molecule has 0 aromatic carbocycles. The molecule has 1 aliphatic heterocycles. The van der Waals surface area contributed by atoms with E-state index < -0.39 is 0 Å². The quantitative estimate of drug-likeness (QED) is 0.715. The minimum atomic E-state index is -0.0186. The number of nitrogens with one attached hydrogen (secondary N) is 1. The molecule has 1 saturated heterocycles. The van der Waals surface area contributed by atoms with Gasteiger partial charge in [0.2, 0.25) is 11.8 Å². The monoisotopic (exact) mass is 246 g/mol. The number of carbonyl (C=O) groups is 2. The molecular formula is C11H19ClN2O2. The summed E-state index contributed by atoms with van der Waals surface area (Å²) in [6, 6.07) is 0. The van der Waals surface area contributed by atoms with E-state index in [1.54, 1.807) is 0 Å². The van der Waals surface area contributed by atoms with Crippen molar-refractivity contribution < 1.29 is 9.59 Å². The predicted octanol–water partition coefficient (Wildman–Crippen LogP) is 1.13. The molecule has 0 aromatic heterocycles. The number of likely N-dealkylation sites (tertiary alicyclic amines) is 1. The molecule has 1 heterocycles. The Labute approximate surface area is 101 Å². The Morgan fingerprint density at radius 1 is 1.19 bits per heavy atom.